The predicted molar refractivity (Wildman–Crippen MR) is 74.5 cm³/mol. The van der Waals surface area contributed by atoms with Crippen molar-refractivity contribution >= 4 is 16.9 Å². The van der Waals surface area contributed by atoms with E-state index in [4.69, 9.17) is 0 Å². The normalized spacial score (nSPS) is 21.3. The summed E-state index contributed by atoms with van der Waals surface area (Å²) in [7, 11) is 0. The zero-order chi connectivity index (χ0) is 15.3. The molecule has 2 atom stereocenters. The van der Waals surface area contributed by atoms with Crippen molar-refractivity contribution in [3.8, 4) is 0 Å². The van der Waals surface area contributed by atoms with Crippen LogP contribution in [0.25, 0.3) is 10.9 Å². The minimum absolute atomic E-state index is 0.0360. The van der Waals surface area contributed by atoms with Crippen molar-refractivity contribution in [3.63, 3.8) is 0 Å². The lowest BCUT2D eigenvalue weighted by atomic mass is 9.78. The number of carbonyl (C=O) groups is 1. The van der Waals surface area contributed by atoms with Gasteiger partial charge in [0.2, 0.25) is 0 Å². The van der Waals surface area contributed by atoms with Crippen molar-refractivity contribution in [1.29, 1.82) is 0 Å². The van der Waals surface area contributed by atoms with Gasteiger partial charge in [-0.2, -0.15) is 0 Å². The Balaban J connectivity index is 2.48. The van der Waals surface area contributed by atoms with Gasteiger partial charge in [-0.3, -0.25) is 0 Å². The number of pyridine rings is 1. The fourth-order valence-electron chi connectivity index (χ4n) is 3.35. The predicted octanol–water partition coefficient (Wildman–Crippen LogP) is 3.90. The Bertz CT molecular complexity index is 758. The molecule has 0 saturated carbocycles. The van der Waals surface area contributed by atoms with Gasteiger partial charge in [0.15, 0.2) is 0 Å². The third-order valence-electron chi connectivity index (χ3n) is 4.16. The molecule has 0 bridgehead atoms. The Kier molecular flexibility index (Phi) is 3.15. The Morgan fingerprint density at radius 2 is 1.95 bits per heavy atom. The summed E-state index contributed by atoms with van der Waals surface area (Å²) in [5.74, 6) is -2.34. The summed E-state index contributed by atoms with van der Waals surface area (Å²) in [6.45, 7) is 3.97. The Hall–Kier alpha value is -2.04. The van der Waals surface area contributed by atoms with Gasteiger partial charge in [-0.25, -0.2) is 18.6 Å². The van der Waals surface area contributed by atoms with E-state index in [9.17, 15) is 18.7 Å². The van der Waals surface area contributed by atoms with Gasteiger partial charge in [-0.05, 0) is 42.4 Å². The van der Waals surface area contributed by atoms with Crippen molar-refractivity contribution in [2.75, 3.05) is 0 Å². The van der Waals surface area contributed by atoms with Crippen LogP contribution >= 0.6 is 0 Å². The molecule has 1 aliphatic rings. The van der Waals surface area contributed by atoms with Gasteiger partial charge in [0.1, 0.15) is 17.2 Å². The number of aromatic carboxylic acids is 1. The zero-order valence-corrected chi connectivity index (χ0v) is 11.8. The van der Waals surface area contributed by atoms with E-state index in [-0.39, 0.29) is 22.4 Å². The number of rotatable bonds is 1. The van der Waals surface area contributed by atoms with E-state index in [0.29, 0.717) is 23.6 Å². The Labute approximate surface area is 120 Å². The molecule has 0 amide bonds. The molecule has 0 radical (unpaired) electrons. The van der Waals surface area contributed by atoms with Crippen LogP contribution in [0, 0.1) is 17.6 Å². The number of aromatic nitrogens is 1. The molecular formula is C16H15F2NO2. The fraction of sp³-hybridized carbons (Fsp3) is 0.375. The van der Waals surface area contributed by atoms with Gasteiger partial charge in [0, 0.05) is 5.69 Å². The molecule has 0 saturated heterocycles. The summed E-state index contributed by atoms with van der Waals surface area (Å²) < 4.78 is 28.0. The molecule has 2 aromatic rings. The number of benzene rings is 1. The van der Waals surface area contributed by atoms with E-state index in [1.54, 1.807) is 0 Å². The number of carboxylic acid groups (broad SMARTS) is 1. The molecule has 1 aromatic carbocycles. The smallest absolute Gasteiger partial charge is 0.336 e. The first kappa shape index (κ1) is 13.9. The quantitative estimate of drug-likeness (QED) is 0.867. The number of nitrogens with zero attached hydrogens (tertiary/aromatic N) is 1. The zero-order valence-electron chi connectivity index (χ0n) is 11.8. The van der Waals surface area contributed by atoms with E-state index < -0.39 is 17.6 Å². The van der Waals surface area contributed by atoms with Crippen LogP contribution in [-0.2, 0) is 6.42 Å². The standard InChI is InChI=1S/C16H15F2NO2/c1-7-5-8(2)14-9(6-7)12(16(20)21)13-10(17)3-4-11(18)15(13)19-14/h3-4,7-8H,5-6H2,1-2H3,(H,20,21). The van der Waals surface area contributed by atoms with Crippen LogP contribution in [0.5, 0.6) is 0 Å². The number of fused-ring (bicyclic) bond motifs is 2. The second kappa shape index (κ2) is 4.76. The lowest BCUT2D eigenvalue weighted by Crippen LogP contribution is -2.21. The Morgan fingerprint density at radius 3 is 2.62 bits per heavy atom. The molecule has 1 aromatic heterocycles. The monoisotopic (exact) mass is 291 g/mol. The highest BCUT2D eigenvalue weighted by Crippen LogP contribution is 2.38. The number of hydrogen-bond acceptors (Lipinski definition) is 2. The Morgan fingerprint density at radius 1 is 1.29 bits per heavy atom. The fourth-order valence-corrected chi connectivity index (χ4v) is 3.35. The highest BCUT2D eigenvalue weighted by atomic mass is 19.1. The second-order valence-corrected chi connectivity index (χ2v) is 5.85. The summed E-state index contributed by atoms with van der Waals surface area (Å²) in [4.78, 5) is 15.9. The summed E-state index contributed by atoms with van der Waals surface area (Å²) in [6, 6.07) is 1.94. The summed E-state index contributed by atoms with van der Waals surface area (Å²) >= 11 is 0. The average molecular weight is 291 g/mol. The van der Waals surface area contributed by atoms with Crippen molar-refractivity contribution in [3.05, 3.63) is 40.6 Å². The first-order valence-electron chi connectivity index (χ1n) is 6.94. The molecule has 5 heteroatoms. The largest absolute Gasteiger partial charge is 0.478 e. The van der Waals surface area contributed by atoms with Crippen LogP contribution in [0.15, 0.2) is 12.1 Å². The molecule has 21 heavy (non-hydrogen) atoms. The molecule has 2 unspecified atom stereocenters. The van der Waals surface area contributed by atoms with Crippen molar-refractivity contribution in [2.24, 2.45) is 5.92 Å². The van der Waals surface area contributed by atoms with Crippen LogP contribution < -0.4 is 0 Å². The molecule has 0 fully saturated rings. The highest BCUT2D eigenvalue weighted by molar-refractivity contribution is 6.04. The van der Waals surface area contributed by atoms with E-state index in [0.717, 1.165) is 18.6 Å². The maximum atomic E-state index is 14.1. The first-order valence-corrected chi connectivity index (χ1v) is 6.94. The lowest BCUT2D eigenvalue weighted by Gasteiger charge is -2.28. The second-order valence-electron chi connectivity index (χ2n) is 5.85. The summed E-state index contributed by atoms with van der Waals surface area (Å²) in [5, 5.41) is 9.29. The summed E-state index contributed by atoms with van der Waals surface area (Å²) in [6.07, 6.45) is 1.39. The molecule has 1 heterocycles. The van der Waals surface area contributed by atoms with Crippen molar-refractivity contribution in [1.82, 2.24) is 4.98 Å². The molecule has 0 spiro atoms. The van der Waals surface area contributed by atoms with Gasteiger partial charge < -0.3 is 5.11 Å². The van der Waals surface area contributed by atoms with Crippen LogP contribution in [0.2, 0.25) is 0 Å². The highest BCUT2D eigenvalue weighted by Gasteiger charge is 2.30. The van der Waals surface area contributed by atoms with Gasteiger partial charge >= 0.3 is 5.97 Å². The molecule has 110 valence electrons. The molecular weight excluding hydrogens is 276 g/mol. The van der Waals surface area contributed by atoms with Crippen molar-refractivity contribution < 1.29 is 18.7 Å². The molecule has 3 rings (SSSR count). The van der Waals surface area contributed by atoms with Crippen LogP contribution in [-0.4, -0.2) is 16.1 Å². The molecule has 1 aliphatic carbocycles. The maximum Gasteiger partial charge on any atom is 0.336 e. The SMILES string of the molecule is CC1Cc2c(nc3c(F)ccc(F)c3c2C(=O)O)C(C)C1. The minimum atomic E-state index is -1.23. The maximum absolute atomic E-state index is 14.1. The lowest BCUT2D eigenvalue weighted by molar-refractivity contribution is 0.0696. The van der Waals surface area contributed by atoms with Gasteiger partial charge in [-0.1, -0.05) is 13.8 Å². The van der Waals surface area contributed by atoms with Crippen LogP contribution in [0.4, 0.5) is 8.78 Å². The molecule has 3 nitrogen and oxygen atoms in total. The van der Waals surface area contributed by atoms with Gasteiger partial charge in [-0.15, -0.1) is 0 Å². The third-order valence-corrected chi connectivity index (χ3v) is 4.16. The minimum Gasteiger partial charge on any atom is -0.478 e. The number of carboxylic acids is 1. The van der Waals surface area contributed by atoms with E-state index in [2.05, 4.69) is 4.98 Å². The summed E-state index contributed by atoms with van der Waals surface area (Å²) in [5.41, 5.74) is 0.811. The van der Waals surface area contributed by atoms with E-state index >= 15 is 0 Å². The van der Waals surface area contributed by atoms with Gasteiger partial charge in [0.05, 0.1) is 10.9 Å². The number of halogens is 2. The van der Waals surface area contributed by atoms with Crippen LogP contribution in [0.1, 0.15) is 47.8 Å². The molecule has 1 N–H and O–H groups in total. The van der Waals surface area contributed by atoms with Crippen LogP contribution in [0.3, 0.4) is 0 Å². The van der Waals surface area contributed by atoms with E-state index in [1.165, 1.54) is 0 Å². The van der Waals surface area contributed by atoms with Gasteiger partial charge in [0.25, 0.3) is 0 Å². The van der Waals surface area contributed by atoms with E-state index in [1.807, 2.05) is 13.8 Å². The first-order chi connectivity index (χ1) is 9.90. The molecule has 0 aliphatic heterocycles. The third kappa shape index (κ3) is 2.07. The van der Waals surface area contributed by atoms with Crippen molar-refractivity contribution in [2.45, 2.75) is 32.6 Å². The number of hydrogen-bond donors (Lipinski definition) is 1. The average Bonchev–Trinajstić information content (AvgIpc) is 2.41. The topological polar surface area (TPSA) is 50.2 Å².